The lowest BCUT2D eigenvalue weighted by atomic mass is 9.61. The van der Waals surface area contributed by atoms with Gasteiger partial charge in [-0.05, 0) is 100 Å². The van der Waals surface area contributed by atoms with Gasteiger partial charge in [-0.1, -0.05) is 152 Å². The summed E-state index contributed by atoms with van der Waals surface area (Å²) in [6.45, 7) is 0. The molecule has 2 aliphatic rings. The van der Waals surface area contributed by atoms with Crippen LogP contribution in [0.1, 0.15) is 22.3 Å². The number of ether oxygens (including phenoxy) is 1. The summed E-state index contributed by atoms with van der Waals surface area (Å²) >= 11 is 0. The lowest BCUT2D eigenvalue weighted by molar-refractivity contribution is 0.434. The van der Waals surface area contributed by atoms with E-state index in [2.05, 4.69) is 228 Å². The minimum atomic E-state index is -0.656. The van der Waals surface area contributed by atoms with Crippen molar-refractivity contribution >= 4 is 38.9 Å². The molecule has 0 unspecified atom stereocenters. The van der Waals surface area contributed by atoms with Crippen LogP contribution in [0.3, 0.4) is 0 Å². The Hall–Kier alpha value is -7.62. The van der Waals surface area contributed by atoms with Crippen LogP contribution in [-0.4, -0.2) is 4.57 Å². The Morgan fingerprint density at radius 3 is 1.62 bits per heavy atom. The van der Waals surface area contributed by atoms with E-state index in [0.717, 1.165) is 56.5 Å². The van der Waals surface area contributed by atoms with Crippen LogP contribution in [0.4, 0.5) is 17.1 Å². The maximum Gasteiger partial charge on any atom is 0.132 e. The standard InChI is InChI=1S/C55H36N2O/c1-3-15-37(16-4-1)38-27-31-42(32-28-38)57-50-24-12-8-20-45(50)55(46-21-9-13-25-53(46)58-54-26-14-10-22-47(54)55)48-35-39(30-34-51(48)57)40-29-33-44-43-19-7-11-23-49(43)56(52(44)36-40)41-17-5-2-6-18-41/h1-36H. The third kappa shape index (κ3) is 4.68. The Morgan fingerprint density at radius 1 is 0.328 bits per heavy atom. The van der Waals surface area contributed by atoms with Gasteiger partial charge in [0.05, 0.1) is 27.8 Å². The van der Waals surface area contributed by atoms with E-state index in [0.29, 0.717) is 0 Å². The Balaban J connectivity index is 1.14. The molecule has 2 aliphatic heterocycles. The largest absolute Gasteiger partial charge is 0.457 e. The molecule has 0 amide bonds. The molecule has 0 N–H and O–H groups in total. The smallest absolute Gasteiger partial charge is 0.132 e. The topological polar surface area (TPSA) is 17.4 Å². The molecule has 0 radical (unpaired) electrons. The Morgan fingerprint density at radius 2 is 0.862 bits per heavy atom. The van der Waals surface area contributed by atoms with E-state index in [-0.39, 0.29) is 0 Å². The molecule has 0 aliphatic carbocycles. The van der Waals surface area contributed by atoms with E-state index in [9.17, 15) is 0 Å². The molecule has 12 rings (SSSR count). The highest BCUT2D eigenvalue weighted by molar-refractivity contribution is 6.10. The number of fused-ring (bicyclic) bond motifs is 11. The maximum atomic E-state index is 6.73. The fourth-order valence-corrected chi connectivity index (χ4v) is 9.76. The van der Waals surface area contributed by atoms with Crippen molar-refractivity contribution in [3.8, 4) is 39.4 Å². The van der Waals surface area contributed by atoms with Gasteiger partial charge in [-0.15, -0.1) is 0 Å². The number of hydrogen-bond acceptors (Lipinski definition) is 2. The molecule has 1 aromatic heterocycles. The van der Waals surface area contributed by atoms with E-state index in [4.69, 9.17) is 4.74 Å². The van der Waals surface area contributed by atoms with Gasteiger partial charge in [0.1, 0.15) is 11.5 Å². The van der Waals surface area contributed by atoms with Gasteiger partial charge in [-0.25, -0.2) is 0 Å². The molecule has 0 bridgehead atoms. The van der Waals surface area contributed by atoms with Crippen molar-refractivity contribution in [2.45, 2.75) is 5.41 Å². The third-order valence-corrected chi connectivity index (χ3v) is 12.2. The van der Waals surface area contributed by atoms with Crippen LogP contribution in [0.2, 0.25) is 0 Å². The molecule has 0 atom stereocenters. The highest BCUT2D eigenvalue weighted by atomic mass is 16.5. The van der Waals surface area contributed by atoms with Gasteiger partial charge in [-0.2, -0.15) is 0 Å². The van der Waals surface area contributed by atoms with Crippen LogP contribution in [0.25, 0.3) is 49.7 Å². The molecule has 0 saturated carbocycles. The highest BCUT2D eigenvalue weighted by Crippen LogP contribution is 2.63. The average molecular weight is 741 g/mol. The summed E-state index contributed by atoms with van der Waals surface area (Å²) in [5.74, 6) is 1.75. The van der Waals surface area contributed by atoms with Crippen molar-refractivity contribution in [1.82, 2.24) is 4.57 Å². The molecule has 1 spiro atoms. The number of anilines is 3. The summed E-state index contributed by atoms with van der Waals surface area (Å²) in [6.07, 6.45) is 0. The second-order valence-electron chi connectivity index (χ2n) is 15.3. The van der Waals surface area contributed by atoms with Crippen LogP contribution in [0, 0.1) is 0 Å². The highest BCUT2D eigenvalue weighted by Gasteiger charge is 2.51. The van der Waals surface area contributed by atoms with Gasteiger partial charge in [0.15, 0.2) is 0 Å². The number of nitrogens with zero attached hydrogens (tertiary/aromatic N) is 2. The van der Waals surface area contributed by atoms with Gasteiger partial charge in [0, 0.05) is 33.3 Å². The lowest BCUT2D eigenvalue weighted by Gasteiger charge is -2.48. The number of benzene rings is 9. The van der Waals surface area contributed by atoms with Gasteiger partial charge < -0.3 is 14.2 Å². The lowest BCUT2D eigenvalue weighted by Crippen LogP contribution is -2.39. The van der Waals surface area contributed by atoms with Crippen molar-refractivity contribution < 1.29 is 4.74 Å². The zero-order valence-corrected chi connectivity index (χ0v) is 31.6. The molecule has 272 valence electrons. The summed E-state index contributed by atoms with van der Waals surface area (Å²) in [7, 11) is 0. The average Bonchev–Trinajstić information content (AvgIpc) is 3.63. The molecular weight excluding hydrogens is 705 g/mol. The summed E-state index contributed by atoms with van der Waals surface area (Å²) in [6, 6.07) is 79.2. The normalized spacial score (nSPS) is 13.4. The first-order valence-electron chi connectivity index (χ1n) is 19.9. The zero-order chi connectivity index (χ0) is 38.2. The first-order valence-corrected chi connectivity index (χ1v) is 19.9. The van der Waals surface area contributed by atoms with Gasteiger partial charge in [0.2, 0.25) is 0 Å². The van der Waals surface area contributed by atoms with Crippen LogP contribution >= 0.6 is 0 Å². The van der Waals surface area contributed by atoms with E-state index < -0.39 is 5.41 Å². The van der Waals surface area contributed by atoms with E-state index in [1.165, 1.54) is 44.1 Å². The quantitative estimate of drug-likeness (QED) is 0.179. The SMILES string of the molecule is c1ccc(-c2ccc(N3c4ccccc4C4(c5ccccc5Oc5ccccc54)c4cc(-c5ccc6c7ccccc7n(-c7ccccc7)c6c5)ccc43)cc2)cc1. The Kier molecular flexibility index (Phi) is 7.14. The monoisotopic (exact) mass is 740 g/mol. The van der Waals surface area contributed by atoms with Crippen LogP contribution in [0.5, 0.6) is 11.5 Å². The van der Waals surface area contributed by atoms with Gasteiger partial charge in [0.25, 0.3) is 0 Å². The molecule has 3 heteroatoms. The molecular formula is C55H36N2O. The number of aromatic nitrogens is 1. The summed E-state index contributed by atoms with van der Waals surface area (Å²) in [5, 5.41) is 2.49. The fourth-order valence-electron chi connectivity index (χ4n) is 9.76. The second-order valence-corrected chi connectivity index (χ2v) is 15.3. The number of para-hydroxylation sites is 5. The Labute approximate surface area is 337 Å². The van der Waals surface area contributed by atoms with Crippen LogP contribution < -0.4 is 9.64 Å². The first kappa shape index (κ1) is 32.6. The molecule has 0 fully saturated rings. The predicted molar refractivity (Wildman–Crippen MR) is 238 cm³/mol. The van der Waals surface area contributed by atoms with Crippen molar-refractivity contribution in [3.05, 3.63) is 241 Å². The number of rotatable bonds is 4. The molecule has 9 aromatic carbocycles. The summed E-state index contributed by atoms with van der Waals surface area (Å²) in [5.41, 5.74) is 15.7. The number of hydrogen-bond donors (Lipinski definition) is 0. The van der Waals surface area contributed by atoms with Crippen molar-refractivity contribution in [2.24, 2.45) is 0 Å². The molecule has 58 heavy (non-hydrogen) atoms. The zero-order valence-electron chi connectivity index (χ0n) is 31.6. The molecule has 10 aromatic rings. The van der Waals surface area contributed by atoms with Crippen LogP contribution in [0.15, 0.2) is 218 Å². The minimum Gasteiger partial charge on any atom is -0.457 e. The van der Waals surface area contributed by atoms with Crippen LogP contribution in [-0.2, 0) is 5.41 Å². The first-order chi connectivity index (χ1) is 28.8. The summed E-state index contributed by atoms with van der Waals surface area (Å²) < 4.78 is 9.13. The van der Waals surface area contributed by atoms with E-state index >= 15 is 0 Å². The van der Waals surface area contributed by atoms with Gasteiger partial charge >= 0.3 is 0 Å². The van der Waals surface area contributed by atoms with E-state index in [1.807, 2.05) is 0 Å². The van der Waals surface area contributed by atoms with Crippen molar-refractivity contribution in [2.75, 3.05) is 4.90 Å². The molecule has 3 nitrogen and oxygen atoms in total. The second kappa shape index (κ2) is 12.7. The van der Waals surface area contributed by atoms with Crippen molar-refractivity contribution in [3.63, 3.8) is 0 Å². The summed E-state index contributed by atoms with van der Waals surface area (Å²) in [4.78, 5) is 2.45. The minimum absolute atomic E-state index is 0.656. The Bertz CT molecular complexity index is 3150. The third-order valence-electron chi connectivity index (χ3n) is 12.2. The predicted octanol–water partition coefficient (Wildman–Crippen LogP) is 14.4. The van der Waals surface area contributed by atoms with Gasteiger partial charge in [-0.3, -0.25) is 0 Å². The van der Waals surface area contributed by atoms with Crippen molar-refractivity contribution in [1.29, 1.82) is 0 Å². The molecule has 0 saturated heterocycles. The maximum absolute atomic E-state index is 6.73. The molecule has 3 heterocycles. The fraction of sp³-hybridized carbons (Fsp3) is 0.0182. The van der Waals surface area contributed by atoms with E-state index in [1.54, 1.807) is 0 Å².